The summed E-state index contributed by atoms with van der Waals surface area (Å²) in [6.07, 6.45) is 1.61. The highest BCUT2D eigenvalue weighted by atomic mass is 16.6. The van der Waals surface area contributed by atoms with Crippen LogP contribution in [0, 0.1) is 10.1 Å². The highest BCUT2D eigenvalue weighted by molar-refractivity contribution is 5.66. The Bertz CT molecular complexity index is 579. The van der Waals surface area contributed by atoms with Crippen LogP contribution >= 0.6 is 0 Å². The Labute approximate surface area is 102 Å². The van der Waals surface area contributed by atoms with Gasteiger partial charge >= 0.3 is 0 Å². The molecule has 0 fully saturated rings. The molecule has 2 rings (SSSR count). The molecule has 0 saturated carbocycles. The molecule has 0 aliphatic heterocycles. The van der Waals surface area contributed by atoms with E-state index < -0.39 is 4.92 Å². The largest absolute Gasteiger partial charge is 0.393 e. The van der Waals surface area contributed by atoms with E-state index in [1.54, 1.807) is 12.3 Å². The molecule has 8 nitrogen and oxygen atoms in total. The predicted molar refractivity (Wildman–Crippen MR) is 67.8 cm³/mol. The molecule has 0 aliphatic carbocycles. The van der Waals surface area contributed by atoms with Gasteiger partial charge in [0.15, 0.2) is 0 Å². The lowest BCUT2D eigenvalue weighted by atomic mass is 10.2. The number of nitro benzene ring substituents is 1. The van der Waals surface area contributed by atoms with Crippen molar-refractivity contribution in [3.05, 3.63) is 40.1 Å². The van der Waals surface area contributed by atoms with Crippen molar-refractivity contribution < 1.29 is 4.92 Å². The van der Waals surface area contributed by atoms with Gasteiger partial charge in [0.2, 0.25) is 0 Å². The van der Waals surface area contributed by atoms with Crippen LogP contribution in [0.3, 0.4) is 0 Å². The van der Waals surface area contributed by atoms with Crippen molar-refractivity contribution in [2.24, 2.45) is 0 Å². The number of rotatable bonds is 4. The second-order valence-corrected chi connectivity index (χ2v) is 3.69. The zero-order valence-electron chi connectivity index (χ0n) is 9.38. The second kappa shape index (κ2) is 4.62. The lowest BCUT2D eigenvalue weighted by Gasteiger charge is -2.06. The topological polar surface area (TPSA) is 136 Å². The Morgan fingerprint density at radius 3 is 2.78 bits per heavy atom. The maximum atomic E-state index is 10.6. The standard InChI is InChI=1S/C10H12N6O2/c11-8-3-7(1-2-9(8)16(17)18)13-4-6-5-14-15-10(6)12/h1-3,5,13H,4,11H2,(H3,12,14,15). The smallest absolute Gasteiger partial charge is 0.292 e. The van der Waals surface area contributed by atoms with Crippen LogP contribution in [0.5, 0.6) is 0 Å². The van der Waals surface area contributed by atoms with Gasteiger partial charge in [-0.1, -0.05) is 0 Å². The number of nitrogens with one attached hydrogen (secondary N) is 2. The fourth-order valence-corrected chi connectivity index (χ4v) is 1.49. The van der Waals surface area contributed by atoms with E-state index in [0.717, 1.165) is 5.56 Å². The van der Waals surface area contributed by atoms with Crippen LogP contribution in [-0.2, 0) is 6.54 Å². The summed E-state index contributed by atoms with van der Waals surface area (Å²) < 4.78 is 0. The molecule has 0 amide bonds. The normalized spacial score (nSPS) is 10.2. The van der Waals surface area contributed by atoms with Crippen LogP contribution in [-0.4, -0.2) is 15.1 Å². The molecule has 0 radical (unpaired) electrons. The zero-order valence-corrected chi connectivity index (χ0v) is 9.38. The van der Waals surface area contributed by atoms with Crippen molar-refractivity contribution in [1.29, 1.82) is 0 Å². The van der Waals surface area contributed by atoms with Gasteiger partial charge in [0, 0.05) is 23.9 Å². The fourth-order valence-electron chi connectivity index (χ4n) is 1.49. The van der Waals surface area contributed by atoms with E-state index in [2.05, 4.69) is 15.5 Å². The average Bonchev–Trinajstić information content (AvgIpc) is 2.72. The number of aromatic nitrogens is 2. The summed E-state index contributed by atoms with van der Waals surface area (Å²) in [5.41, 5.74) is 12.7. The third-order valence-electron chi connectivity index (χ3n) is 2.46. The first kappa shape index (κ1) is 11.7. The fraction of sp³-hybridized carbons (Fsp3) is 0.100. The number of hydrogen-bond donors (Lipinski definition) is 4. The summed E-state index contributed by atoms with van der Waals surface area (Å²) in [4.78, 5) is 10.1. The van der Waals surface area contributed by atoms with E-state index in [9.17, 15) is 10.1 Å². The van der Waals surface area contributed by atoms with E-state index in [0.29, 0.717) is 18.1 Å². The van der Waals surface area contributed by atoms with Crippen LogP contribution in [0.25, 0.3) is 0 Å². The lowest BCUT2D eigenvalue weighted by molar-refractivity contribution is -0.383. The summed E-state index contributed by atoms with van der Waals surface area (Å²) in [5, 5.41) is 20.0. The molecular formula is C10H12N6O2. The van der Waals surface area contributed by atoms with Gasteiger partial charge in [-0.3, -0.25) is 15.2 Å². The predicted octanol–water partition coefficient (Wildman–Crippen LogP) is 1.09. The average molecular weight is 248 g/mol. The van der Waals surface area contributed by atoms with Crippen LogP contribution in [0.15, 0.2) is 24.4 Å². The summed E-state index contributed by atoms with van der Waals surface area (Å²) in [7, 11) is 0. The molecule has 18 heavy (non-hydrogen) atoms. The number of nitro groups is 1. The third kappa shape index (κ3) is 2.32. The number of nitrogens with zero attached hydrogens (tertiary/aromatic N) is 2. The molecule has 94 valence electrons. The molecule has 1 aromatic carbocycles. The SMILES string of the molecule is Nc1cc(NCc2cn[nH]c2N)ccc1[N+](=O)[O-]. The molecule has 0 aliphatic rings. The molecule has 0 spiro atoms. The van der Waals surface area contributed by atoms with Gasteiger partial charge < -0.3 is 16.8 Å². The molecule has 1 heterocycles. The zero-order chi connectivity index (χ0) is 13.1. The molecule has 1 aromatic heterocycles. The first-order valence-electron chi connectivity index (χ1n) is 5.13. The molecule has 6 N–H and O–H groups in total. The van der Waals surface area contributed by atoms with Gasteiger partial charge in [0.05, 0.1) is 11.1 Å². The van der Waals surface area contributed by atoms with Gasteiger partial charge in [-0.05, 0) is 12.1 Å². The van der Waals surface area contributed by atoms with Crippen molar-refractivity contribution in [3.8, 4) is 0 Å². The van der Waals surface area contributed by atoms with Crippen LogP contribution in [0.4, 0.5) is 22.9 Å². The van der Waals surface area contributed by atoms with E-state index in [1.807, 2.05) is 0 Å². The molecule has 0 unspecified atom stereocenters. The van der Waals surface area contributed by atoms with Crippen molar-refractivity contribution in [3.63, 3.8) is 0 Å². The third-order valence-corrected chi connectivity index (χ3v) is 2.46. The van der Waals surface area contributed by atoms with Crippen molar-refractivity contribution >= 4 is 22.9 Å². The van der Waals surface area contributed by atoms with Gasteiger partial charge in [-0.25, -0.2) is 0 Å². The first-order valence-corrected chi connectivity index (χ1v) is 5.13. The number of anilines is 3. The Kier molecular flexibility index (Phi) is 3.00. The number of benzene rings is 1. The minimum Gasteiger partial charge on any atom is -0.393 e. The summed E-state index contributed by atoms with van der Waals surface area (Å²) in [6.45, 7) is 0.458. The van der Waals surface area contributed by atoms with E-state index in [1.165, 1.54) is 12.1 Å². The molecule has 0 bridgehead atoms. The molecule has 8 heteroatoms. The Morgan fingerprint density at radius 1 is 1.44 bits per heavy atom. The van der Waals surface area contributed by atoms with Gasteiger partial charge in [-0.2, -0.15) is 5.10 Å². The monoisotopic (exact) mass is 248 g/mol. The number of aromatic amines is 1. The van der Waals surface area contributed by atoms with Crippen LogP contribution in [0.2, 0.25) is 0 Å². The molecular weight excluding hydrogens is 236 g/mol. The van der Waals surface area contributed by atoms with Gasteiger partial charge in [0.25, 0.3) is 5.69 Å². The van der Waals surface area contributed by atoms with E-state index >= 15 is 0 Å². The Hall–Kier alpha value is -2.77. The van der Waals surface area contributed by atoms with Crippen molar-refractivity contribution in [1.82, 2.24) is 10.2 Å². The van der Waals surface area contributed by atoms with E-state index in [-0.39, 0.29) is 11.4 Å². The van der Waals surface area contributed by atoms with Crippen molar-refractivity contribution in [2.45, 2.75) is 6.54 Å². The number of nitrogen functional groups attached to an aromatic ring is 2. The second-order valence-electron chi connectivity index (χ2n) is 3.69. The maximum Gasteiger partial charge on any atom is 0.292 e. The Balaban J connectivity index is 2.09. The van der Waals surface area contributed by atoms with Crippen molar-refractivity contribution in [2.75, 3.05) is 16.8 Å². The maximum absolute atomic E-state index is 10.6. The minimum absolute atomic E-state index is 0.108. The highest BCUT2D eigenvalue weighted by Gasteiger charge is 2.11. The number of nitrogens with two attached hydrogens (primary N) is 2. The van der Waals surface area contributed by atoms with Crippen LogP contribution in [0.1, 0.15) is 5.56 Å². The molecule has 0 saturated heterocycles. The summed E-state index contributed by atoms with van der Waals surface area (Å²) >= 11 is 0. The number of hydrogen-bond acceptors (Lipinski definition) is 6. The van der Waals surface area contributed by atoms with Gasteiger partial charge in [-0.15, -0.1) is 0 Å². The minimum atomic E-state index is -0.521. The summed E-state index contributed by atoms with van der Waals surface area (Å²) in [6, 6.07) is 4.45. The highest BCUT2D eigenvalue weighted by Crippen LogP contribution is 2.25. The van der Waals surface area contributed by atoms with Crippen LogP contribution < -0.4 is 16.8 Å². The number of H-pyrrole nitrogens is 1. The van der Waals surface area contributed by atoms with Gasteiger partial charge in [0.1, 0.15) is 11.5 Å². The first-order chi connectivity index (χ1) is 8.58. The quantitative estimate of drug-likeness (QED) is 0.363. The lowest BCUT2D eigenvalue weighted by Crippen LogP contribution is -2.03. The van der Waals surface area contributed by atoms with E-state index in [4.69, 9.17) is 11.5 Å². The Morgan fingerprint density at radius 2 is 2.22 bits per heavy atom. The molecule has 2 aromatic rings. The molecule has 0 atom stereocenters. The summed E-state index contributed by atoms with van der Waals surface area (Å²) in [5.74, 6) is 0.484.